The van der Waals surface area contributed by atoms with Crippen molar-refractivity contribution in [3.05, 3.63) is 40.2 Å². The fourth-order valence-corrected chi connectivity index (χ4v) is 3.89. The predicted molar refractivity (Wildman–Crippen MR) is 90.2 cm³/mol. The molecule has 0 radical (unpaired) electrons. The number of carbonyl (C=O) groups excluding carboxylic acids is 1. The molecule has 2 heterocycles. The van der Waals surface area contributed by atoms with Gasteiger partial charge < -0.3 is 10.2 Å². The Kier molecular flexibility index (Phi) is 4.55. The first-order valence-electron chi connectivity index (χ1n) is 7.65. The number of aryl methyl sites for hydroxylation is 1. The van der Waals surface area contributed by atoms with Gasteiger partial charge in [-0.15, -0.1) is 11.3 Å². The number of amides is 1. The van der Waals surface area contributed by atoms with Crippen LogP contribution >= 0.6 is 11.3 Å². The summed E-state index contributed by atoms with van der Waals surface area (Å²) in [7, 11) is 1.96. The summed E-state index contributed by atoms with van der Waals surface area (Å²) in [5.74, 6) is 0.686. The minimum absolute atomic E-state index is 0.128. The molecule has 2 aromatic rings. The molecule has 0 bridgehead atoms. The fourth-order valence-electron chi connectivity index (χ4n) is 2.98. The second-order valence-corrected chi connectivity index (χ2v) is 6.94. The van der Waals surface area contributed by atoms with E-state index in [1.807, 2.05) is 49.2 Å². The molecule has 1 aromatic carbocycles. The highest BCUT2D eigenvalue weighted by Gasteiger charge is 2.29. The van der Waals surface area contributed by atoms with Crippen LogP contribution in [0, 0.1) is 12.8 Å². The predicted octanol–water partition coefficient (Wildman–Crippen LogP) is 2.80. The number of nitrogens with zero attached hydrogens (tertiary/aromatic N) is 2. The molecule has 1 amide bonds. The zero-order chi connectivity index (χ0) is 15.5. The summed E-state index contributed by atoms with van der Waals surface area (Å²) in [5, 5.41) is 4.14. The van der Waals surface area contributed by atoms with Gasteiger partial charge >= 0.3 is 0 Å². The smallest absolute Gasteiger partial charge is 0.266 e. The summed E-state index contributed by atoms with van der Waals surface area (Å²) < 4.78 is 0. The number of likely N-dealkylation sites (tertiary alicyclic amines) is 1. The molecule has 116 valence electrons. The Labute approximate surface area is 135 Å². The molecule has 4 nitrogen and oxygen atoms in total. The van der Waals surface area contributed by atoms with Crippen LogP contribution in [-0.4, -0.2) is 42.5 Å². The maximum absolute atomic E-state index is 12.9. The van der Waals surface area contributed by atoms with Crippen LogP contribution in [0.5, 0.6) is 0 Å². The minimum Gasteiger partial charge on any atom is -0.338 e. The van der Waals surface area contributed by atoms with Crippen LogP contribution in [0.1, 0.15) is 21.1 Å². The largest absolute Gasteiger partial charge is 0.338 e. The van der Waals surface area contributed by atoms with E-state index in [0.29, 0.717) is 5.92 Å². The molecule has 5 heteroatoms. The van der Waals surface area contributed by atoms with Gasteiger partial charge in [-0.3, -0.25) is 4.79 Å². The fraction of sp³-hybridized carbons (Fsp3) is 0.412. The van der Waals surface area contributed by atoms with E-state index in [-0.39, 0.29) is 5.91 Å². The van der Waals surface area contributed by atoms with Gasteiger partial charge in [-0.25, -0.2) is 4.98 Å². The lowest BCUT2D eigenvalue weighted by atomic mass is 10.1. The number of carbonyl (C=O) groups is 1. The van der Waals surface area contributed by atoms with Gasteiger partial charge in [-0.05, 0) is 32.9 Å². The van der Waals surface area contributed by atoms with Crippen LogP contribution in [0.3, 0.4) is 0 Å². The Morgan fingerprint density at radius 3 is 2.91 bits per heavy atom. The lowest BCUT2D eigenvalue weighted by Crippen LogP contribution is -2.30. The van der Waals surface area contributed by atoms with Crippen LogP contribution < -0.4 is 5.32 Å². The highest BCUT2D eigenvalue weighted by atomic mass is 32.1. The van der Waals surface area contributed by atoms with Gasteiger partial charge in [0.25, 0.3) is 5.91 Å². The third-order valence-corrected chi connectivity index (χ3v) is 5.00. The van der Waals surface area contributed by atoms with E-state index in [0.717, 1.165) is 47.2 Å². The van der Waals surface area contributed by atoms with Crippen LogP contribution in [0.2, 0.25) is 0 Å². The summed E-state index contributed by atoms with van der Waals surface area (Å²) in [4.78, 5) is 20.2. The minimum atomic E-state index is 0.128. The van der Waals surface area contributed by atoms with Crippen molar-refractivity contribution < 1.29 is 4.79 Å². The van der Waals surface area contributed by atoms with Gasteiger partial charge in [0.1, 0.15) is 4.88 Å². The van der Waals surface area contributed by atoms with Crippen LogP contribution in [0.4, 0.5) is 0 Å². The number of nitrogens with one attached hydrogen (secondary N) is 1. The third kappa shape index (κ3) is 3.05. The van der Waals surface area contributed by atoms with Gasteiger partial charge in [-0.2, -0.15) is 0 Å². The molecule has 1 atom stereocenters. The average Bonchev–Trinajstić information content (AvgIpc) is 3.15. The van der Waals surface area contributed by atoms with Gasteiger partial charge in [0, 0.05) is 18.7 Å². The molecule has 1 N–H and O–H groups in total. The second-order valence-electron chi connectivity index (χ2n) is 5.74. The number of hydrogen-bond acceptors (Lipinski definition) is 4. The third-order valence-electron chi connectivity index (χ3n) is 4.04. The lowest BCUT2D eigenvalue weighted by Gasteiger charge is -2.16. The molecule has 1 saturated heterocycles. The highest BCUT2D eigenvalue weighted by molar-refractivity contribution is 7.14. The van der Waals surface area contributed by atoms with Gasteiger partial charge in [-0.1, -0.05) is 30.3 Å². The SMILES string of the molecule is CNC[C@H]1CCN(C(=O)c2sc(C)nc2-c2ccccc2)C1. The Bertz CT molecular complexity index is 653. The van der Waals surface area contributed by atoms with Gasteiger partial charge in [0.2, 0.25) is 0 Å². The van der Waals surface area contributed by atoms with Crippen molar-refractivity contribution in [2.45, 2.75) is 13.3 Å². The highest BCUT2D eigenvalue weighted by Crippen LogP contribution is 2.30. The lowest BCUT2D eigenvalue weighted by molar-refractivity contribution is 0.0792. The normalized spacial score (nSPS) is 17.9. The topological polar surface area (TPSA) is 45.2 Å². The maximum Gasteiger partial charge on any atom is 0.266 e. The molecule has 22 heavy (non-hydrogen) atoms. The Morgan fingerprint density at radius 1 is 1.41 bits per heavy atom. The summed E-state index contributed by atoms with van der Waals surface area (Å²) >= 11 is 1.50. The van der Waals surface area contributed by atoms with E-state index in [9.17, 15) is 4.79 Å². The van der Waals surface area contributed by atoms with Crippen molar-refractivity contribution in [2.75, 3.05) is 26.7 Å². The number of hydrogen-bond donors (Lipinski definition) is 1. The van der Waals surface area contributed by atoms with Crippen molar-refractivity contribution in [3.8, 4) is 11.3 Å². The second kappa shape index (κ2) is 6.58. The first-order chi connectivity index (χ1) is 10.7. The molecule has 0 spiro atoms. The summed E-state index contributed by atoms with van der Waals surface area (Å²) in [6.07, 6.45) is 1.07. The summed E-state index contributed by atoms with van der Waals surface area (Å²) in [6, 6.07) is 9.97. The standard InChI is InChI=1S/C17H21N3OS/c1-12-19-15(14-6-4-3-5-7-14)16(22-12)17(21)20-9-8-13(11-20)10-18-2/h3-7,13,18H,8-11H2,1-2H3/t13-/m1/s1. The Hall–Kier alpha value is -1.72. The van der Waals surface area contributed by atoms with Crippen molar-refractivity contribution in [3.63, 3.8) is 0 Å². The zero-order valence-corrected chi connectivity index (χ0v) is 13.8. The molecule has 3 rings (SSSR count). The monoisotopic (exact) mass is 315 g/mol. The van der Waals surface area contributed by atoms with E-state index < -0.39 is 0 Å². The first kappa shape index (κ1) is 15.2. The van der Waals surface area contributed by atoms with Crippen molar-refractivity contribution >= 4 is 17.2 Å². The molecular formula is C17H21N3OS. The molecule has 0 aliphatic carbocycles. The van der Waals surface area contributed by atoms with E-state index in [1.165, 1.54) is 11.3 Å². The van der Waals surface area contributed by atoms with E-state index in [2.05, 4.69) is 10.3 Å². The Morgan fingerprint density at radius 2 is 2.18 bits per heavy atom. The number of rotatable bonds is 4. The van der Waals surface area contributed by atoms with Crippen molar-refractivity contribution in [2.24, 2.45) is 5.92 Å². The van der Waals surface area contributed by atoms with E-state index in [4.69, 9.17) is 0 Å². The maximum atomic E-state index is 12.9. The molecule has 1 aliphatic heterocycles. The average molecular weight is 315 g/mol. The number of benzene rings is 1. The van der Waals surface area contributed by atoms with Gasteiger partial charge in [0.15, 0.2) is 0 Å². The molecule has 0 unspecified atom stereocenters. The molecule has 1 aromatic heterocycles. The molecule has 1 fully saturated rings. The van der Waals surface area contributed by atoms with E-state index >= 15 is 0 Å². The van der Waals surface area contributed by atoms with E-state index in [1.54, 1.807) is 0 Å². The summed E-state index contributed by atoms with van der Waals surface area (Å²) in [5.41, 5.74) is 1.84. The zero-order valence-electron chi connectivity index (χ0n) is 13.0. The number of aromatic nitrogens is 1. The van der Waals surface area contributed by atoms with Gasteiger partial charge in [0.05, 0.1) is 10.7 Å². The summed E-state index contributed by atoms with van der Waals surface area (Å²) in [6.45, 7) is 4.61. The van der Waals surface area contributed by atoms with Crippen LogP contribution in [0.25, 0.3) is 11.3 Å². The quantitative estimate of drug-likeness (QED) is 0.943. The first-order valence-corrected chi connectivity index (χ1v) is 8.47. The number of thiazole rings is 1. The van der Waals surface area contributed by atoms with Crippen LogP contribution in [0.15, 0.2) is 30.3 Å². The molecule has 1 aliphatic rings. The molecular weight excluding hydrogens is 294 g/mol. The Balaban J connectivity index is 1.85. The van der Waals surface area contributed by atoms with Crippen molar-refractivity contribution in [1.82, 2.24) is 15.2 Å². The van der Waals surface area contributed by atoms with Crippen molar-refractivity contribution in [1.29, 1.82) is 0 Å². The molecule has 0 saturated carbocycles. The van der Waals surface area contributed by atoms with Crippen LogP contribution in [-0.2, 0) is 0 Å².